The highest BCUT2D eigenvalue weighted by Gasteiger charge is 2.46. The molecule has 0 bridgehead atoms. The van der Waals surface area contributed by atoms with Crippen molar-refractivity contribution in [2.24, 2.45) is 0 Å². The highest BCUT2D eigenvalue weighted by molar-refractivity contribution is 5.83. The third kappa shape index (κ3) is 4.19. The Labute approximate surface area is 170 Å². The van der Waals surface area contributed by atoms with Gasteiger partial charge in [0.05, 0.1) is 6.61 Å². The van der Waals surface area contributed by atoms with Gasteiger partial charge in [-0.05, 0) is 66.1 Å². The Hall–Kier alpha value is -2.69. The van der Waals surface area contributed by atoms with Crippen LogP contribution in [0.1, 0.15) is 31.4 Å². The molecule has 0 N–H and O–H groups in total. The van der Waals surface area contributed by atoms with Gasteiger partial charge in [-0.3, -0.25) is 0 Å². The smallest absolute Gasteiger partial charge is 0.164 e. The standard InChI is InChI=1S/C25H25FO3/c1-4-12-25(17-28-24(2,3)29-25)21-6-5-7-23(15-21)27-16-18-8-9-19-10-11-22(26)14-20(19)13-18/h4-11,13-15H,1,12,16-17H2,2-3H3. The summed E-state index contributed by atoms with van der Waals surface area (Å²) < 4.78 is 31.6. The zero-order valence-electron chi connectivity index (χ0n) is 16.8. The number of fused-ring (bicyclic) bond motifs is 1. The maximum atomic E-state index is 13.5. The highest BCUT2D eigenvalue weighted by Crippen LogP contribution is 2.42. The lowest BCUT2D eigenvalue weighted by Crippen LogP contribution is -2.31. The number of ether oxygens (including phenoxy) is 3. The molecule has 0 saturated carbocycles. The number of benzene rings is 3. The molecule has 1 saturated heterocycles. The molecule has 1 aliphatic rings. The van der Waals surface area contributed by atoms with Crippen LogP contribution in [0.15, 0.2) is 73.3 Å². The molecule has 4 rings (SSSR count). The second-order valence-electron chi connectivity index (χ2n) is 7.92. The quantitative estimate of drug-likeness (QED) is 0.474. The van der Waals surface area contributed by atoms with E-state index in [1.807, 2.05) is 62.4 Å². The monoisotopic (exact) mass is 392 g/mol. The number of rotatable bonds is 6. The lowest BCUT2D eigenvalue weighted by molar-refractivity contribution is -0.162. The molecule has 1 unspecified atom stereocenters. The van der Waals surface area contributed by atoms with Gasteiger partial charge in [-0.1, -0.05) is 36.4 Å². The van der Waals surface area contributed by atoms with Crippen LogP contribution in [-0.2, 0) is 21.7 Å². The first-order chi connectivity index (χ1) is 13.9. The van der Waals surface area contributed by atoms with E-state index in [-0.39, 0.29) is 5.82 Å². The molecule has 0 aromatic heterocycles. The Balaban J connectivity index is 1.54. The minimum atomic E-state index is -0.639. The van der Waals surface area contributed by atoms with Crippen molar-refractivity contribution >= 4 is 10.8 Å². The first-order valence-electron chi connectivity index (χ1n) is 9.76. The van der Waals surface area contributed by atoms with Crippen molar-refractivity contribution in [1.82, 2.24) is 0 Å². The van der Waals surface area contributed by atoms with Crippen molar-refractivity contribution in [3.8, 4) is 5.75 Å². The Kier molecular flexibility index (Phi) is 5.15. The molecule has 0 amide bonds. The van der Waals surface area contributed by atoms with Crippen molar-refractivity contribution in [1.29, 1.82) is 0 Å². The molecule has 3 aromatic carbocycles. The summed E-state index contributed by atoms with van der Waals surface area (Å²) in [6, 6.07) is 18.6. The van der Waals surface area contributed by atoms with Gasteiger partial charge in [-0.25, -0.2) is 4.39 Å². The lowest BCUT2D eigenvalue weighted by Gasteiger charge is -2.29. The van der Waals surface area contributed by atoms with Gasteiger partial charge in [-0.15, -0.1) is 6.58 Å². The molecule has 1 aliphatic heterocycles. The van der Waals surface area contributed by atoms with Crippen LogP contribution in [0.3, 0.4) is 0 Å². The second-order valence-corrected chi connectivity index (χ2v) is 7.92. The zero-order valence-corrected chi connectivity index (χ0v) is 16.8. The molecule has 0 aliphatic carbocycles. The third-order valence-corrected chi connectivity index (χ3v) is 5.20. The summed E-state index contributed by atoms with van der Waals surface area (Å²) in [5.41, 5.74) is 1.42. The minimum Gasteiger partial charge on any atom is -0.489 e. The van der Waals surface area contributed by atoms with E-state index in [1.165, 1.54) is 12.1 Å². The zero-order chi connectivity index (χ0) is 20.5. The third-order valence-electron chi connectivity index (χ3n) is 5.20. The van der Waals surface area contributed by atoms with Crippen LogP contribution in [0.4, 0.5) is 4.39 Å². The predicted octanol–water partition coefficient (Wildman–Crippen LogP) is 6.11. The number of hydrogen-bond acceptors (Lipinski definition) is 3. The summed E-state index contributed by atoms with van der Waals surface area (Å²) in [6.07, 6.45) is 2.50. The van der Waals surface area contributed by atoms with Gasteiger partial charge in [0.25, 0.3) is 0 Å². The summed E-state index contributed by atoms with van der Waals surface area (Å²) >= 11 is 0. The first kappa shape index (κ1) is 19.6. The summed E-state index contributed by atoms with van der Waals surface area (Å²) in [4.78, 5) is 0. The Morgan fingerprint density at radius 3 is 2.66 bits per heavy atom. The SMILES string of the molecule is C=CCC1(c2cccc(OCc3ccc4ccc(F)cc4c3)c2)COC(C)(C)O1. The van der Waals surface area contributed by atoms with E-state index in [4.69, 9.17) is 14.2 Å². The topological polar surface area (TPSA) is 27.7 Å². The van der Waals surface area contributed by atoms with E-state index in [0.717, 1.165) is 27.6 Å². The molecular formula is C25H25FO3. The Morgan fingerprint density at radius 2 is 1.90 bits per heavy atom. The fourth-order valence-corrected chi connectivity index (χ4v) is 3.81. The fraction of sp³-hybridized carbons (Fsp3) is 0.280. The molecule has 1 heterocycles. The molecule has 150 valence electrons. The average Bonchev–Trinajstić information content (AvgIpc) is 3.02. The molecule has 0 radical (unpaired) electrons. The maximum Gasteiger partial charge on any atom is 0.164 e. The van der Waals surface area contributed by atoms with E-state index < -0.39 is 11.4 Å². The van der Waals surface area contributed by atoms with Crippen LogP contribution in [0.5, 0.6) is 5.75 Å². The van der Waals surface area contributed by atoms with Crippen LogP contribution < -0.4 is 4.74 Å². The normalized spacial score (nSPS) is 20.7. The van der Waals surface area contributed by atoms with Crippen molar-refractivity contribution in [3.63, 3.8) is 0 Å². The van der Waals surface area contributed by atoms with E-state index in [0.29, 0.717) is 19.6 Å². The van der Waals surface area contributed by atoms with Crippen molar-refractivity contribution in [2.75, 3.05) is 6.61 Å². The van der Waals surface area contributed by atoms with Gasteiger partial charge < -0.3 is 14.2 Å². The molecule has 1 atom stereocenters. The van der Waals surface area contributed by atoms with Crippen LogP contribution in [-0.4, -0.2) is 12.4 Å². The highest BCUT2D eigenvalue weighted by atomic mass is 19.1. The average molecular weight is 392 g/mol. The van der Waals surface area contributed by atoms with Crippen LogP contribution in [0, 0.1) is 5.82 Å². The van der Waals surface area contributed by atoms with Crippen LogP contribution in [0.2, 0.25) is 0 Å². The minimum absolute atomic E-state index is 0.238. The van der Waals surface area contributed by atoms with E-state index in [2.05, 4.69) is 6.58 Å². The largest absolute Gasteiger partial charge is 0.489 e. The van der Waals surface area contributed by atoms with Crippen LogP contribution >= 0.6 is 0 Å². The summed E-state index contributed by atoms with van der Waals surface area (Å²) in [6.45, 7) is 8.57. The Morgan fingerprint density at radius 1 is 1.07 bits per heavy atom. The summed E-state index contributed by atoms with van der Waals surface area (Å²) in [5.74, 6) is -0.128. The van der Waals surface area contributed by atoms with Gasteiger partial charge in [-0.2, -0.15) is 0 Å². The van der Waals surface area contributed by atoms with Crippen LogP contribution in [0.25, 0.3) is 10.8 Å². The molecule has 1 fully saturated rings. The molecule has 0 spiro atoms. The summed E-state index contributed by atoms with van der Waals surface area (Å²) in [7, 11) is 0. The number of hydrogen-bond donors (Lipinski definition) is 0. The Bertz CT molecular complexity index is 1040. The number of halogens is 1. The predicted molar refractivity (Wildman–Crippen MR) is 112 cm³/mol. The van der Waals surface area contributed by atoms with Gasteiger partial charge in [0.15, 0.2) is 5.79 Å². The molecule has 3 nitrogen and oxygen atoms in total. The van der Waals surface area contributed by atoms with E-state index in [9.17, 15) is 4.39 Å². The second kappa shape index (κ2) is 7.62. The van der Waals surface area contributed by atoms with Gasteiger partial charge in [0.2, 0.25) is 0 Å². The lowest BCUT2D eigenvalue weighted by atomic mass is 9.91. The first-order valence-corrected chi connectivity index (χ1v) is 9.76. The van der Waals surface area contributed by atoms with Crippen molar-refractivity contribution in [3.05, 3.63) is 90.3 Å². The molecule has 29 heavy (non-hydrogen) atoms. The van der Waals surface area contributed by atoms with Gasteiger partial charge in [0.1, 0.15) is 23.8 Å². The van der Waals surface area contributed by atoms with Crippen molar-refractivity contribution in [2.45, 2.75) is 38.3 Å². The molecule has 3 aromatic rings. The van der Waals surface area contributed by atoms with Gasteiger partial charge in [0, 0.05) is 6.42 Å². The van der Waals surface area contributed by atoms with Gasteiger partial charge >= 0.3 is 0 Å². The fourth-order valence-electron chi connectivity index (χ4n) is 3.81. The molecular weight excluding hydrogens is 367 g/mol. The maximum absolute atomic E-state index is 13.5. The molecule has 4 heteroatoms. The van der Waals surface area contributed by atoms with Crippen molar-refractivity contribution < 1.29 is 18.6 Å². The van der Waals surface area contributed by atoms with E-state index >= 15 is 0 Å². The summed E-state index contributed by atoms with van der Waals surface area (Å²) in [5, 5.41) is 1.87. The van der Waals surface area contributed by atoms with E-state index in [1.54, 1.807) is 6.07 Å².